The van der Waals surface area contributed by atoms with E-state index in [9.17, 15) is 0 Å². The molecule has 1 aromatic carbocycles. The standard InChI is InChI=1S/C19H31N3O2.HI/c1-3-20-19(21-12-6-14-24-15-16-9-10-16)22-13-11-17-7-4-5-8-18(17)23-2;/h4-5,7-8,16H,3,6,9-15H2,1-2H3,(H2,20,21,22);1H. The van der Waals surface area contributed by atoms with Gasteiger partial charge in [0.2, 0.25) is 0 Å². The summed E-state index contributed by atoms with van der Waals surface area (Å²) in [6.45, 7) is 6.29. The normalized spacial score (nSPS) is 13.9. The third-order valence-electron chi connectivity index (χ3n) is 3.99. The maximum absolute atomic E-state index is 5.64. The number of para-hydroxylation sites is 1. The van der Waals surface area contributed by atoms with Crippen LogP contribution in [-0.2, 0) is 11.2 Å². The van der Waals surface area contributed by atoms with Crippen LogP contribution < -0.4 is 15.4 Å². The van der Waals surface area contributed by atoms with E-state index in [4.69, 9.17) is 9.47 Å². The molecule has 0 radical (unpaired) electrons. The van der Waals surface area contributed by atoms with Gasteiger partial charge in [-0.2, -0.15) is 0 Å². The third kappa shape index (κ3) is 9.30. The molecular formula is C19H32IN3O2. The van der Waals surface area contributed by atoms with E-state index >= 15 is 0 Å². The van der Waals surface area contributed by atoms with E-state index in [0.29, 0.717) is 0 Å². The molecular weight excluding hydrogens is 429 g/mol. The number of nitrogens with zero attached hydrogens (tertiary/aromatic N) is 1. The molecule has 25 heavy (non-hydrogen) atoms. The molecule has 1 saturated carbocycles. The van der Waals surface area contributed by atoms with E-state index in [0.717, 1.165) is 63.3 Å². The Bertz CT molecular complexity index is 507. The number of aliphatic imine (C=N–C) groups is 1. The fraction of sp³-hybridized carbons (Fsp3) is 0.632. The summed E-state index contributed by atoms with van der Waals surface area (Å²) in [7, 11) is 1.71. The smallest absolute Gasteiger partial charge is 0.191 e. The third-order valence-corrected chi connectivity index (χ3v) is 3.99. The maximum atomic E-state index is 5.64. The molecule has 0 aromatic heterocycles. The summed E-state index contributed by atoms with van der Waals surface area (Å²) < 4.78 is 11.0. The number of nitrogens with one attached hydrogen (secondary N) is 2. The van der Waals surface area contributed by atoms with Crippen LogP contribution in [0.3, 0.4) is 0 Å². The van der Waals surface area contributed by atoms with E-state index in [1.54, 1.807) is 7.11 Å². The van der Waals surface area contributed by atoms with Gasteiger partial charge in [-0.25, -0.2) is 0 Å². The van der Waals surface area contributed by atoms with Gasteiger partial charge in [-0.3, -0.25) is 4.99 Å². The highest BCUT2D eigenvalue weighted by Gasteiger charge is 2.20. The summed E-state index contributed by atoms with van der Waals surface area (Å²) in [6, 6.07) is 8.13. The summed E-state index contributed by atoms with van der Waals surface area (Å²) in [5.41, 5.74) is 1.21. The number of hydrogen-bond donors (Lipinski definition) is 2. The van der Waals surface area contributed by atoms with Gasteiger partial charge in [0.05, 0.1) is 7.11 Å². The van der Waals surface area contributed by atoms with Gasteiger partial charge in [0.25, 0.3) is 0 Å². The molecule has 1 aliphatic rings. The molecule has 0 spiro atoms. The second-order valence-corrected chi connectivity index (χ2v) is 6.12. The van der Waals surface area contributed by atoms with Crippen LogP contribution in [-0.4, -0.2) is 45.9 Å². The second kappa shape index (κ2) is 13.2. The minimum absolute atomic E-state index is 0. The van der Waals surface area contributed by atoms with Crippen LogP contribution in [0.15, 0.2) is 29.3 Å². The van der Waals surface area contributed by atoms with Crippen LogP contribution in [0.25, 0.3) is 0 Å². The van der Waals surface area contributed by atoms with Crippen molar-refractivity contribution >= 4 is 29.9 Å². The van der Waals surface area contributed by atoms with Gasteiger partial charge in [-0.05, 0) is 50.2 Å². The van der Waals surface area contributed by atoms with Crippen LogP contribution in [0.5, 0.6) is 5.75 Å². The van der Waals surface area contributed by atoms with Crippen molar-refractivity contribution in [1.29, 1.82) is 0 Å². The Hall–Kier alpha value is -1.02. The van der Waals surface area contributed by atoms with Crippen LogP contribution in [0.4, 0.5) is 0 Å². The van der Waals surface area contributed by atoms with Crippen molar-refractivity contribution in [3.63, 3.8) is 0 Å². The Morgan fingerprint density at radius 2 is 2.04 bits per heavy atom. The minimum Gasteiger partial charge on any atom is -0.496 e. The summed E-state index contributed by atoms with van der Waals surface area (Å²) in [5.74, 6) is 2.64. The van der Waals surface area contributed by atoms with Crippen molar-refractivity contribution in [3.8, 4) is 5.75 Å². The molecule has 2 rings (SSSR count). The van der Waals surface area contributed by atoms with E-state index < -0.39 is 0 Å². The highest BCUT2D eigenvalue weighted by molar-refractivity contribution is 14.0. The van der Waals surface area contributed by atoms with Crippen molar-refractivity contribution in [2.75, 3.05) is 40.0 Å². The molecule has 142 valence electrons. The Kier molecular flexibility index (Phi) is 11.6. The fourth-order valence-corrected chi connectivity index (χ4v) is 2.46. The van der Waals surface area contributed by atoms with E-state index in [-0.39, 0.29) is 24.0 Å². The molecule has 0 amide bonds. The first kappa shape index (κ1) is 22.0. The molecule has 2 N–H and O–H groups in total. The van der Waals surface area contributed by atoms with Crippen LogP contribution in [0.2, 0.25) is 0 Å². The Morgan fingerprint density at radius 3 is 2.76 bits per heavy atom. The largest absolute Gasteiger partial charge is 0.496 e. The first-order chi connectivity index (χ1) is 11.8. The maximum Gasteiger partial charge on any atom is 0.191 e. The number of halogens is 1. The van der Waals surface area contributed by atoms with Crippen molar-refractivity contribution in [1.82, 2.24) is 10.6 Å². The first-order valence-electron chi connectivity index (χ1n) is 9.05. The van der Waals surface area contributed by atoms with E-state index in [2.05, 4.69) is 28.6 Å². The highest BCUT2D eigenvalue weighted by Crippen LogP contribution is 2.28. The van der Waals surface area contributed by atoms with Gasteiger partial charge in [-0.15, -0.1) is 24.0 Å². The summed E-state index contributed by atoms with van der Waals surface area (Å²) in [4.78, 5) is 4.60. The molecule has 1 aliphatic carbocycles. The van der Waals surface area contributed by atoms with Crippen molar-refractivity contribution in [3.05, 3.63) is 29.8 Å². The lowest BCUT2D eigenvalue weighted by molar-refractivity contribution is 0.123. The molecule has 0 bridgehead atoms. The van der Waals surface area contributed by atoms with E-state index in [1.807, 2.05) is 18.2 Å². The van der Waals surface area contributed by atoms with Gasteiger partial charge < -0.3 is 20.1 Å². The highest BCUT2D eigenvalue weighted by atomic mass is 127. The zero-order valence-electron chi connectivity index (χ0n) is 15.4. The molecule has 1 fully saturated rings. The number of methoxy groups -OCH3 is 1. The monoisotopic (exact) mass is 461 g/mol. The topological polar surface area (TPSA) is 54.9 Å². The van der Waals surface area contributed by atoms with Crippen molar-refractivity contribution in [2.45, 2.75) is 32.6 Å². The average molecular weight is 461 g/mol. The quantitative estimate of drug-likeness (QED) is 0.230. The lowest BCUT2D eigenvalue weighted by atomic mass is 10.1. The predicted octanol–water partition coefficient (Wildman–Crippen LogP) is 3.23. The van der Waals surface area contributed by atoms with Gasteiger partial charge in [0.15, 0.2) is 5.96 Å². The molecule has 6 heteroatoms. The number of hydrogen-bond acceptors (Lipinski definition) is 3. The predicted molar refractivity (Wildman–Crippen MR) is 114 cm³/mol. The minimum atomic E-state index is 0. The first-order valence-corrected chi connectivity index (χ1v) is 9.05. The summed E-state index contributed by atoms with van der Waals surface area (Å²) in [5, 5.41) is 6.67. The van der Waals surface area contributed by atoms with Crippen LogP contribution in [0.1, 0.15) is 31.7 Å². The van der Waals surface area contributed by atoms with Crippen LogP contribution in [0, 0.1) is 5.92 Å². The molecule has 1 aromatic rings. The SMILES string of the molecule is CCNC(=NCCCOCC1CC1)NCCc1ccccc1OC.I. The average Bonchev–Trinajstić information content (AvgIpc) is 3.42. The molecule has 0 saturated heterocycles. The van der Waals surface area contributed by atoms with Crippen molar-refractivity contribution < 1.29 is 9.47 Å². The zero-order valence-corrected chi connectivity index (χ0v) is 17.8. The lowest BCUT2D eigenvalue weighted by Gasteiger charge is -2.12. The summed E-state index contributed by atoms with van der Waals surface area (Å²) in [6.07, 6.45) is 4.56. The molecule has 0 unspecified atom stereocenters. The van der Waals surface area contributed by atoms with Crippen LogP contribution >= 0.6 is 24.0 Å². The lowest BCUT2D eigenvalue weighted by Crippen LogP contribution is -2.38. The van der Waals surface area contributed by atoms with E-state index in [1.165, 1.54) is 18.4 Å². The number of rotatable bonds is 11. The second-order valence-electron chi connectivity index (χ2n) is 6.12. The molecule has 5 nitrogen and oxygen atoms in total. The molecule has 0 heterocycles. The molecule has 0 atom stereocenters. The van der Waals surface area contributed by atoms with Crippen molar-refractivity contribution in [2.24, 2.45) is 10.9 Å². The number of benzene rings is 1. The molecule has 0 aliphatic heterocycles. The number of guanidine groups is 1. The zero-order chi connectivity index (χ0) is 17.0. The van der Waals surface area contributed by atoms with Gasteiger partial charge >= 0.3 is 0 Å². The summed E-state index contributed by atoms with van der Waals surface area (Å²) >= 11 is 0. The van der Waals surface area contributed by atoms with Gasteiger partial charge in [0.1, 0.15) is 5.75 Å². The van der Waals surface area contributed by atoms with Gasteiger partial charge in [0, 0.05) is 32.8 Å². The Morgan fingerprint density at radius 1 is 1.24 bits per heavy atom. The Labute approximate surface area is 169 Å². The number of ether oxygens (including phenoxy) is 2. The van der Waals surface area contributed by atoms with Gasteiger partial charge in [-0.1, -0.05) is 18.2 Å². The fourth-order valence-electron chi connectivity index (χ4n) is 2.46. The Balaban J connectivity index is 0.00000312.